The second-order valence-corrected chi connectivity index (χ2v) is 5.85. The van der Waals surface area contributed by atoms with Crippen LogP contribution in [0.5, 0.6) is 0 Å². The van der Waals surface area contributed by atoms with Crippen LogP contribution in [0.4, 0.5) is 8.78 Å². The van der Waals surface area contributed by atoms with Gasteiger partial charge in [-0.3, -0.25) is 4.57 Å². The molecule has 0 aliphatic rings. The molecule has 1 N–H and O–H groups in total. The van der Waals surface area contributed by atoms with Gasteiger partial charge < -0.3 is 4.98 Å². The molecule has 3 aromatic rings. The maximum Gasteiger partial charge on any atom is 0.182 e. The van der Waals surface area contributed by atoms with E-state index in [-0.39, 0.29) is 15.5 Å². The largest absolute Gasteiger partial charge is 0.330 e. The quantitative estimate of drug-likeness (QED) is 0.566. The third kappa shape index (κ3) is 2.17. The minimum Gasteiger partial charge on any atom is -0.330 e. The van der Waals surface area contributed by atoms with Crippen LogP contribution in [0.1, 0.15) is 0 Å². The van der Waals surface area contributed by atoms with E-state index in [0.717, 1.165) is 0 Å². The number of rotatable bonds is 1. The second kappa shape index (κ2) is 4.95. The first-order valence-corrected chi connectivity index (χ1v) is 7.10. The maximum atomic E-state index is 14.0. The third-order valence-corrected chi connectivity index (χ3v) is 3.94. The molecule has 1 heterocycles. The van der Waals surface area contributed by atoms with Crippen molar-refractivity contribution in [3.05, 3.63) is 56.2 Å². The lowest BCUT2D eigenvalue weighted by molar-refractivity contribution is 0.618. The predicted molar refractivity (Wildman–Crippen MR) is 81.1 cm³/mol. The molecular weight excluding hydrogens is 370 g/mol. The molecule has 0 fully saturated rings. The Hall–Kier alpha value is -1.24. The average Bonchev–Trinajstić information content (AvgIpc) is 2.69. The molecule has 0 bridgehead atoms. The van der Waals surface area contributed by atoms with Crippen LogP contribution in [0.2, 0.25) is 5.02 Å². The van der Waals surface area contributed by atoms with Crippen molar-refractivity contribution in [2.75, 3.05) is 0 Å². The molecule has 2 nitrogen and oxygen atoms in total. The van der Waals surface area contributed by atoms with Crippen molar-refractivity contribution in [2.24, 2.45) is 0 Å². The van der Waals surface area contributed by atoms with Gasteiger partial charge >= 0.3 is 0 Å². The van der Waals surface area contributed by atoms with Crippen LogP contribution in [0.25, 0.3) is 16.7 Å². The van der Waals surface area contributed by atoms with Crippen molar-refractivity contribution >= 4 is 50.8 Å². The summed E-state index contributed by atoms with van der Waals surface area (Å²) in [6.45, 7) is 0. The van der Waals surface area contributed by atoms with Crippen LogP contribution in [0.15, 0.2) is 34.8 Å². The number of H-pyrrole nitrogens is 1. The van der Waals surface area contributed by atoms with E-state index in [9.17, 15) is 8.78 Å². The summed E-state index contributed by atoms with van der Waals surface area (Å²) in [6, 6.07) is 7.16. The van der Waals surface area contributed by atoms with Crippen LogP contribution >= 0.6 is 39.7 Å². The first-order valence-electron chi connectivity index (χ1n) is 5.52. The van der Waals surface area contributed by atoms with Crippen molar-refractivity contribution in [1.82, 2.24) is 9.55 Å². The maximum absolute atomic E-state index is 14.0. The average molecular weight is 376 g/mol. The molecule has 20 heavy (non-hydrogen) atoms. The molecule has 0 unspecified atom stereocenters. The molecule has 1 aromatic heterocycles. The van der Waals surface area contributed by atoms with Gasteiger partial charge in [-0.1, -0.05) is 27.5 Å². The molecule has 2 aromatic carbocycles. The molecule has 0 amide bonds. The van der Waals surface area contributed by atoms with E-state index < -0.39 is 11.6 Å². The van der Waals surface area contributed by atoms with Crippen LogP contribution in [-0.2, 0) is 0 Å². The molecule has 0 saturated heterocycles. The number of aromatic amines is 1. The van der Waals surface area contributed by atoms with Gasteiger partial charge in [-0.15, -0.1) is 0 Å². The van der Waals surface area contributed by atoms with Gasteiger partial charge in [0.1, 0.15) is 11.6 Å². The molecule has 7 heteroatoms. The van der Waals surface area contributed by atoms with Crippen molar-refractivity contribution in [3.63, 3.8) is 0 Å². The van der Waals surface area contributed by atoms with E-state index in [2.05, 4.69) is 20.9 Å². The number of hydrogen-bond acceptors (Lipinski definition) is 1. The van der Waals surface area contributed by atoms with E-state index in [4.69, 9.17) is 23.8 Å². The van der Waals surface area contributed by atoms with Crippen LogP contribution in [-0.4, -0.2) is 9.55 Å². The fourth-order valence-corrected chi connectivity index (χ4v) is 2.81. The van der Waals surface area contributed by atoms with Gasteiger partial charge in [-0.2, -0.15) is 0 Å². The Morgan fingerprint density at radius 3 is 2.65 bits per heavy atom. The number of aromatic nitrogens is 2. The van der Waals surface area contributed by atoms with Gasteiger partial charge in [-0.05, 0) is 36.5 Å². The molecule has 0 radical (unpaired) electrons. The number of nitrogens with one attached hydrogen (secondary N) is 1. The minimum atomic E-state index is -0.558. The van der Waals surface area contributed by atoms with Crippen LogP contribution in [0.3, 0.4) is 0 Å². The highest BCUT2D eigenvalue weighted by Gasteiger charge is 2.13. The van der Waals surface area contributed by atoms with Gasteiger partial charge in [0.05, 0.1) is 21.7 Å². The Kier molecular flexibility index (Phi) is 3.40. The monoisotopic (exact) mass is 374 g/mol. The van der Waals surface area contributed by atoms with E-state index in [1.165, 1.54) is 22.8 Å². The Balaban J connectivity index is 2.42. The summed E-state index contributed by atoms with van der Waals surface area (Å²) in [4.78, 5) is 2.84. The molecule has 0 saturated carbocycles. The number of halogens is 4. The summed E-state index contributed by atoms with van der Waals surface area (Å²) in [5.74, 6) is -0.997. The zero-order valence-electron chi connectivity index (χ0n) is 9.75. The van der Waals surface area contributed by atoms with E-state index >= 15 is 0 Å². The van der Waals surface area contributed by atoms with Gasteiger partial charge in [-0.25, -0.2) is 8.78 Å². The molecule has 0 spiro atoms. The summed E-state index contributed by atoms with van der Waals surface area (Å²) in [6.07, 6.45) is 0. The molecule has 3 rings (SSSR count). The molecule has 0 atom stereocenters. The second-order valence-electron chi connectivity index (χ2n) is 4.14. The lowest BCUT2D eigenvalue weighted by Crippen LogP contribution is -1.98. The highest BCUT2D eigenvalue weighted by Crippen LogP contribution is 2.27. The summed E-state index contributed by atoms with van der Waals surface area (Å²) in [7, 11) is 0. The topological polar surface area (TPSA) is 20.7 Å². The summed E-state index contributed by atoms with van der Waals surface area (Å²) in [5.41, 5.74) is 1.23. The number of benzene rings is 2. The number of imidazole rings is 1. The fraction of sp³-hybridized carbons (Fsp3) is 0. The molecular formula is C13H6BrClF2N2S. The SMILES string of the molecule is Fc1cc2[nH]c(=S)n(-c3cc(Br)ccc3F)c2cc1Cl. The lowest BCUT2D eigenvalue weighted by Gasteiger charge is -2.07. The third-order valence-electron chi connectivity index (χ3n) is 2.87. The molecule has 0 aliphatic heterocycles. The zero-order valence-corrected chi connectivity index (χ0v) is 12.9. The Morgan fingerprint density at radius 2 is 1.90 bits per heavy atom. The van der Waals surface area contributed by atoms with Gasteiger partial charge in [0.2, 0.25) is 0 Å². The van der Waals surface area contributed by atoms with E-state index in [1.54, 1.807) is 12.1 Å². The first-order chi connectivity index (χ1) is 9.47. The smallest absolute Gasteiger partial charge is 0.182 e. The van der Waals surface area contributed by atoms with Gasteiger partial charge in [0, 0.05) is 10.5 Å². The zero-order chi connectivity index (χ0) is 14.4. The number of fused-ring (bicyclic) bond motifs is 1. The van der Waals surface area contributed by atoms with Crippen molar-refractivity contribution in [3.8, 4) is 5.69 Å². The lowest BCUT2D eigenvalue weighted by atomic mass is 10.2. The Labute approximate surface area is 131 Å². The van der Waals surface area contributed by atoms with Crippen molar-refractivity contribution in [2.45, 2.75) is 0 Å². The Morgan fingerprint density at radius 1 is 1.15 bits per heavy atom. The highest BCUT2D eigenvalue weighted by molar-refractivity contribution is 9.10. The number of hydrogen-bond donors (Lipinski definition) is 1. The van der Waals surface area contributed by atoms with Crippen LogP contribution in [0, 0.1) is 16.4 Å². The Bertz CT molecular complexity index is 888. The van der Waals surface area contributed by atoms with E-state index in [1.807, 2.05) is 0 Å². The number of nitrogens with zero attached hydrogens (tertiary/aromatic N) is 1. The summed E-state index contributed by atoms with van der Waals surface area (Å²) in [5, 5.41) is -0.0457. The normalized spacial score (nSPS) is 11.2. The fourth-order valence-electron chi connectivity index (χ4n) is 2.00. The molecule has 0 aliphatic carbocycles. The first kappa shape index (κ1) is 13.7. The van der Waals surface area contributed by atoms with Crippen LogP contribution < -0.4 is 0 Å². The standard InChI is InChI=1S/C13H6BrClF2N2S/c14-6-1-2-8(16)11(3-6)19-12-4-7(15)9(17)5-10(12)18-13(19)20/h1-5H,(H,18,20). The summed E-state index contributed by atoms with van der Waals surface area (Å²) < 4.78 is 29.9. The summed E-state index contributed by atoms with van der Waals surface area (Å²) >= 11 is 14.3. The van der Waals surface area contributed by atoms with E-state index in [0.29, 0.717) is 15.5 Å². The molecule has 102 valence electrons. The van der Waals surface area contributed by atoms with Crippen molar-refractivity contribution in [1.29, 1.82) is 0 Å². The highest BCUT2D eigenvalue weighted by atomic mass is 79.9. The minimum absolute atomic E-state index is 0.0457. The van der Waals surface area contributed by atoms with Gasteiger partial charge in [0.15, 0.2) is 4.77 Å². The van der Waals surface area contributed by atoms with Gasteiger partial charge in [0.25, 0.3) is 0 Å². The predicted octanol–water partition coefficient (Wildman–Crippen LogP) is 5.38. The van der Waals surface area contributed by atoms with Crippen molar-refractivity contribution < 1.29 is 8.78 Å².